The molecule has 0 N–H and O–H groups in total. The van der Waals surface area contributed by atoms with Crippen LogP contribution in [0.25, 0.3) is 0 Å². The molecule has 1 rings (SSSR count). The van der Waals surface area contributed by atoms with E-state index in [9.17, 15) is 0 Å². The van der Waals surface area contributed by atoms with E-state index in [4.69, 9.17) is 21.1 Å². The van der Waals surface area contributed by atoms with Crippen LogP contribution in [0, 0.1) is 11.8 Å². The van der Waals surface area contributed by atoms with Gasteiger partial charge in [-0.3, -0.25) is 0 Å². The molecule has 0 saturated carbocycles. The third kappa shape index (κ3) is 6.27. The minimum Gasteiger partial charge on any atom is -0.463 e. The van der Waals surface area contributed by atoms with E-state index in [-0.39, 0.29) is 0 Å². The summed E-state index contributed by atoms with van der Waals surface area (Å²) in [6, 6.07) is 9.76. The lowest BCUT2D eigenvalue weighted by Gasteiger charge is -2.37. The standard InChI is InChI=1S/C18H29ClO2/c1-6-20-17(21-16-10-8-7-9-11-16)18(19,12-14(2)3)13-15(4)5/h7-11,14-15,17H,6,12-13H2,1-5H3. The Bertz CT molecular complexity index is 379. The van der Waals surface area contributed by atoms with E-state index < -0.39 is 11.2 Å². The second kappa shape index (κ2) is 8.65. The molecule has 21 heavy (non-hydrogen) atoms. The SMILES string of the molecule is CCOC(Oc1ccccc1)C(Cl)(CC(C)C)CC(C)C. The molecule has 0 amide bonds. The monoisotopic (exact) mass is 312 g/mol. The van der Waals surface area contributed by atoms with Crippen molar-refractivity contribution in [3.05, 3.63) is 30.3 Å². The molecule has 2 nitrogen and oxygen atoms in total. The zero-order chi connectivity index (χ0) is 15.9. The molecule has 3 heteroatoms. The van der Waals surface area contributed by atoms with E-state index in [2.05, 4.69) is 27.7 Å². The normalized spacial score (nSPS) is 13.7. The first-order valence-electron chi connectivity index (χ1n) is 7.89. The van der Waals surface area contributed by atoms with Crippen LogP contribution in [-0.4, -0.2) is 17.8 Å². The van der Waals surface area contributed by atoms with Crippen LogP contribution in [0.3, 0.4) is 0 Å². The van der Waals surface area contributed by atoms with Crippen LogP contribution in [0.2, 0.25) is 0 Å². The Balaban J connectivity index is 2.95. The van der Waals surface area contributed by atoms with E-state index in [1.165, 1.54) is 0 Å². The Hall–Kier alpha value is -0.730. The first kappa shape index (κ1) is 18.3. The Morgan fingerprint density at radius 3 is 1.95 bits per heavy atom. The predicted molar refractivity (Wildman–Crippen MR) is 90.0 cm³/mol. The third-order valence-corrected chi connectivity index (χ3v) is 3.71. The van der Waals surface area contributed by atoms with Gasteiger partial charge in [-0.15, -0.1) is 11.6 Å². The van der Waals surface area contributed by atoms with Gasteiger partial charge in [0, 0.05) is 6.61 Å². The maximum absolute atomic E-state index is 6.97. The molecule has 0 fully saturated rings. The van der Waals surface area contributed by atoms with Crippen LogP contribution in [0.4, 0.5) is 0 Å². The summed E-state index contributed by atoms with van der Waals surface area (Å²) in [5.74, 6) is 1.78. The maximum Gasteiger partial charge on any atom is 0.219 e. The number of benzene rings is 1. The fourth-order valence-corrected chi connectivity index (χ4v) is 3.42. The lowest BCUT2D eigenvalue weighted by Crippen LogP contribution is -2.45. The zero-order valence-electron chi connectivity index (χ0n) is 13.9. The van der Waals surface area contributed by atoms with E-state index in [1.807, 2.05) is 37.3 Å². The molecular formula is C18H29ClO2. The van der Waals surface area contributed by atoms with Gasteiger partial charge in [0.1, 0.15) is 10.6 Å². The van der Waals surface area contributed by atoms with Gasteiger partial charge >= 0.3 is 0 Å². The highest BCUT2D eigenvalue weighted by atomic mass is 35.5. The minimum atomic E-state index is -0.506. The molecule has 0 spiro atoms. The Morgan fingerprint density at radius 1 is 1.00 bits per heavy atom. The van der Waals surface area contributed by atoms with Crippen molar-refractivity contribution in [1.82, 2.24) is 0 Å². The van der Waals surface area contributed by atoms with Crippen molar-refractivity contribution >= 4 is 11.6 Å². The largest absolute Gasteiger partial charge is 0.463 e. The number of halogens is 1. The van der Waals surface area contributed by atoms with E-state index in [0.717, 1.165) is 18.6 Å². The number of hydrogen-bond acceptors (Lipinski definition) is 2. The average Bonchev–Trinajstić information content (AvgIpc) is 2.37. The number of hydrogen-bond donors (Lipinski definition) is 0. The van der Waals surface area contributed by atoms with Crippen molar-refractivity contribution in [2.75, 3.05) is 6.61 Å². The Morgan fingerprint density at radius 2 is 1.52 bits per heavy atom. The van der Waals surface area contributed by atoms with Crippen LogP contribution >= 0.6 is 11.6 Å². The summed E-state index contributed by atoms with van der Waals surface area (Å²) in [5.41, 5.74) is 0. The molecule has 0 bridgehead atoms. The summed E-state index contributed by atoms with van der Waals surface area (Å²) in [5, 5.41) is 0. The summed E-state index contributed by atoms with van der Waals surface area (Å²) >= 11 is 6.97. The smallest absolute Gasteiger partial charge is 0.219 e. The van der Waals surface area contributed by atoms with Crippen molar-refractivity contribution < 1.29 is 9.47 Å². The van der Waals surface area contributed by atoms with Crippen LogP contribution in [-0.2, 0) is 4.74 Å². The molecule has 0 saturated heterocycles. The number of rotatable bonds is 9. The van der Waals surface area contributed by atoms with Crippen molar-refractivity contribution in [2.24, 2.45) is 11.8 Å². The van der Waals surface area contributed by atoms with Gasteiger partial charge in [-0.25, -0.2) is 0 Å². The van der Waals surface area contributed by atoms with Crippen LogP contribution in [0.1, 0.15) is 47.5 Å². The van der Waals surface area contributed by atoms with Crippen LogP contribution < -0.4 is 4.74 Å². The first-order chi connectivity index (χ1) is 9.87. The molecule has 120 valence electrons. The van der Waals surface area contributed by atoms with Gasteiger partial charge in [0.15, 0.2) is 0 Å². The molecule has 0 aliphatic carbocycles. The van der Waals surface area contributed by atoms with E-state index in [0.29, 0.717) is 18.4 Å². The second-order valence-electron chi connectivity index (χ2n) is 6.45. The second-order valence-corrected chi connectivity index (χ2v) is 7.20. The van der Waals surface area contributed by atoms with Crippen molar-refractivity contribution in [3.63, 3.8) is 0 Å². The fourth-order valence-electron chi connectivity index (χ4n) is 2.70. The molecule has 0 heterocycles. The number of alkyl halides is 1. The number of ether oxygens (including phenoxy) is 2. The highest BCUT2D eigenvalue weighted by Gasteiger charge is 2.40. The molecule has 1 aromatic rings. The van der Waals surface area contributed by atoms with Crippen LogP contribution in [0.15, 0.2) is 30.3 Å². The molecule has 1 aromatic carbocycles. The van der Waals surface area contributed by atoms with E-state index in [1.54, 1.807) is 0 Å². The van der Waals surface area contributed by atoms with Gasteiger partial charge in [-0.1, -0.05) is 45.9 Å². The summed E-state index contributed by atoms with van der Waals surface area (Å²) in [7, 11) is 0. The van der Waals surface area contributed by atoms with Gasteiger partial charge in [-0.2, -0.15) is 0 Å². The molecule has 1 unspecified atom stereocenters. The van der Waals surface area contributed by atoms with Crippen molar-refractivity contribution in [2.45, 2.75) is 58.6 Å². The minimum absolute atomic E-state index is 0.434. The molecule has 0 aromatic heterocycles. The number of para-hydroxylation sites is 1. The van der Waals surface area contributed by atoms with Crippen molar-refractivity contribution in [3.8, 4) is 5.75 Å². The maximum atomic E-state index is 6.97. The Labute approximate surface area is 134 Å². The van der Waals surface area contributed by atoms with Gasteiger partial charge < -0.3 is 9.47 Å². The topological polar surface area (TPSA) is 18.5 Å². The molecule has 0 radical (unpaired) electrons. The Kier molecular flexibility index (Phi) is 7.55. The lowest BCUT2D eigenvalue weighted by atomic mass is 9.88. The predicted octanol–water partition coefficient (Wildman–Crippen LogP) is 5.50. The summed E-state index contributed by atoms with van der Waals surface area (Å²) in [4.78, 5) is -0.506. The highest BCUT2D eigenvalue weighted by molar-refractivity contribution is 6.24. The van der Waals surface area contributed by atoms with Gasteiger partial charge in [-0.05, 0) is 43.7 Å². The molecule has 0 aliphatic heterocycles. The molecule has 0 aliphatic rings. The van der Waals surface area contributed by atoms with Crippen LogP contribution in [0.5, 0.6) is 5.75 Å². The summed E-state index contributed by atoms with van der Waals surface area (Å²) in [6.07, 6.45) is 1.30. The molecule has 1 atom stereocenters. The molecular weight excluding hydrogens is 284 g/mol. The summed E-state index contributed by atoms with van der Waals surface area (Å²) in [6.45, 7) is 11.3. The lowest BCUT2D eigenvalue weighted by molar-refractivity contribution is -0.109. The quantitative estimate of drug-likeness (QED) is 0.443. The first-order valence-corrected chi connectivity index (χ1v) is 8.27. The highest BCUT2D eigenvalue weighted by Crippen LogP contribution is 2.37. The zero-order valence-corrected chi connectivity index (χ0v) is 14.7. The van der Waals surface area contributed by atoms with E-state index >= 15 is 0 Å². The van der Waals surface area contributed by atoms with Crippen molar-refractivity contribution in [1.29, 1.82) is 0 Å². The fraction of sp³-hybridized carbons (Fsp3) is 0.667. The van der Waals surface area contributed by atoms with Gasteiger partial charge in [0.05, 0.1) is 0 Å². The third-order valence-electron chi connectivity index (χ3n) is 3.22. The average molecular weight is 313 g/mol. The summed E-state index contributed by atoms with van der Waals surface area (Å²) < 4.78 is 11.9. The van der Waals surface area contributed by atoms with Gasteiger partial charge in [0.2, 0.25) is 6.29 Å². The van der Waals surface area contributed by atoms with Gasteiger partial charge in [0.25, 0.3) is 0 Å².